The molecule has 4 nitrogen and oxygen atoms in total. The average molecular weight is 279 g/mol. The number of aromatic nitrogens is 1. The molecule has 0 fully saturated rings. The minimum Gasteiger partial charge on any atom is -0.393 e. The van der Waals surface area contributed by atoms with E-state index in [-0.39, 0.29) is 5.91 Å². The Morgan fingerprint density at radius 2 is 2.05 bits per heavy atom. The molecular weight excluding hydrogens is 258 g/mol. The van der Waals surface area contributed by atoms with Crippen LogP contribution in [0.1, 0.15) is 32.3 Å². The van der Waals surface area contributed by atoms with Crippen molar-refractivity contribution < 1.29 is 4.79 Å². The molecule has 0 saturated carbocycles. The van der Waals surface area contributed by atoms with Crippen molar-refractivity contribution >= 4 is 23.1 Å². The molecule has 0 unspecified atom stereocenters. The topological polar surface area (TPSA) is 59.2 Å². The predicted molar refractivity (Wildman–Crippen MR) is 80.5 cm³/mol. The molecule has 0 bridgehead atoms. The molecule has 0 aliphatic rings. The summed E-state index contributed by atoms with van der Waals surface area (Å²) in [6.07, 6.45) is 4.56. The molecular formula is C14H21N3OS. The Kier molecular flexibility index (Phi) is 6.42. The molecule has 2 N–H and O–H groups in total. The molecule has 1 rings (SSSR count). The lowest BCUT2D eigenvalue weighted by atomic mass is 10.1. The highest BCUT2D eigenvalue weighted by Gasteiger charge is 2.15. The number of thiocarbonyl (C=S) groups is 1. The normalized spacial score (nSPS) is 10.5. The van der Waals surface area contributed by atoms with Gasteiger partial charge in [-0.2, -0.15) is 0 Å². The summed E-state index contributed by atoms with van der Waals surface area (Å²) in [6.45, 7) is 5.23. The van der Waals surface area contributed by atoms with E-state index >= 15 is 0 Å². The first-order chi connectivity index (χ1) is 8.99. The summed E-state index contributed by atoms with van der Waals surface area (Å²) in [6, 6.07) is 3.83. The Morgan fingerprint density at radius 3 is 2.58 bits per heavy atom. The van der Waals surface area contributed by atoms with E-state index in [1.165, 1.54) is 0 Å². The summed E-state index contributed by atoms with van der Waals surface area (Å²) in [7, 11) is 0. The van der Waals surface area contributed by atoms with Crippen LogP contribution in [0.3, 0.4) is 0 Å². The van der Waals surface area contributed by atoms with Gasteiger partial charge in [0.1, 0.15) is 0 Å². The number of nitrogens with zero attached hydrogens (tertiary/aromatic N) is 2. The molecule has 0 aliphatic heterocycles. The number of amides is 1. The van der Waals surface area contributed by atoms with E-state index in [9.17, 15) is 4.79 Å². The van der Waals surface area contributed by atoms with Gasteiger partial charge in [-0.3, -0.25) is 9.78 Å². The molecule has 1 heterocycles. The number of nitrogens with two attached hydrogens (primary N) is 1. The molecule has 0 aromatic carbocycles. The van der Waals surface area contributed by atoms with Crippen LogP contribution >= 0.6 is 12.2 Å². The van der Waals surface area contributed by atoms with Crippen LogP contribution in [0.25, 0.3) is 0 Å². The molecule has 1 aromatic rings. The minimum absolute atomic E-state index is 0.142. The van der Waals surface area contributed by atoms with E-state index in [1.54, 1.807) is 12.4 Å². The van der Waals surface area contributed by atoms with Gasteiger partial charge in [-0.15, -0.1) is 0 Å². The van der Waals surface area contributed by atoms with Crippen LogP contribution < -0.4 is 5.73 Å². The second kappa shape index (κ2) is 7.84. The van der Waals surface area contributed by atoms with E-state index < -0.39 is 0 Å². The average Bonchev–Trinajstić information content (AvgIpc) is 2.34. The molecule has 104 valence electrons. The molecule has 1 amide bonds. The van der Waals surface area contributed by atoms with Gasteiger partial charge in [-0.25, -0.2) is 0 Å². The summed E-state index contributed by atoms with van der Waals surface area (Å²) in [5.74, 6) is 0.486. The maximum atomic E-state index is 12.2. The van der Waals surface area contributed by atoms with Crippen molar-refractivity contribution in [2.45, 2.75) is 33.2 Å². The van der Waals surface area contributed by atoms with Crippen LogP contribution in [0.4, 0.5) is 0 Å². The lowest BCUT2D eigenvalue weighted by Gasteiger charge is -2.23. The molecule has 0 radical (unpaired) electrons. The number of hydrogen-bond donors (Lipinski definition) is 1. The highest BCUT2D eigenvalue weighted by molar-refractivity contribution is 7.80. The smallest absolute Gasteiger partial charge is 0.223 e. The van der Waals surface area contributed by atoms with Gasteiger partial charge < -0.3 is 10.6 Å². The fourth-order valence-electron chi connectivity index (χ4n) is 1.72. The van der Waals surface area contributed by atoms with E-state index in [0.29, 0.717) is 36.8 Å². The van der Waals surface area contributed by atoms with E-state index in [2.05, 4.69) is 4.98 Å². The van der Waals surface area contributed by atoms with Crippen molar-refractivity contribution in [2.75, 3.05) is 6.54 Å². The Morgan fingerprint density at radius 1 is 1.42 bits per heavy atom. The quantitative estimate of drug-likeness (QED) is 0.777. The Labute approximate surface area is 120 Å². The summed E-state index contributed by atoms with van der Waals surface area (Å²) in [4.78, 5) is 18.4. The SMILES string of the molecule is CC(C)CC(=O)N(CCC(N)=S)Cc1ccncc1. The monoisotopic (exact) mass is 279 g/mol. The number of carbonyl (C=O) groups is 1. The predicted octanol–water partition coefficient (Wildman–Crippen LogP) is 2.13. The molecule has 19 heavy (non-hydrogen) atoms. The third kappa shape index (κ3) is 6.29. The van der Waals surface area contributed by atoms with Gasteiger partial charge in [0, 0.05) is 38.3 Å². The number of rotatable bonds is 7. The summed E-state index contributed by atoms with van der Waals surface area (Å²) in [5, 5.41) is 0. The fourth-order valence-corrected chi connectivity index (χ4v) is 1.82. The Balaban J connectivity index is 2.68. The van der Waals surface area contributed by atoms with E-state index in [4.69, 9.17) is 18.0 Å². The zero-order valence-corrected chi connectivity index (χ0v) is 12.3. The zero-order chi connectivity index (χ0) is 14.3. The second-order valence-electron chi connectivity index (χ2n) is 4.99. The van der Waals surface area contributed by atoms with Crippen LogP contribution in [-0.4, -0.2) is 27.3 Å². The van der Waals surface area contributed by atoms with Gasteiger partial charge >= 0.3 is 0 Å². The van der Waals surface area contributed by atoms with Crippen molar-refractivity contribution in [1.29, 1.82) is 0 Å². The van der Waals surface area contributed by atoms with Gasteiger partial charge in [-0.1, -0.05) is 26.1 Å². The lowest BCUT2D eigenvalue weighted by Crippen LogP contribution is -2.34. The lowest BCUT2D eigenvalue weighted by molar-refractivity contribution is -0.132. The first kappa shape index (κ1) is 15.6. The third-order valence-electron chi connectivity index (χ3n) is 2.69. The van der Waals surface area contributed by atoms with Crippen molar-refractivity contribution in [3.8, 4) is 0 Å². The molecule has 0 aliphatic carbocycles. The molecule has 0 saturated heterocycles. The van der Waals surface area contributed by atoms with Crippen LogP contribution in [-0.2, 0) is 11.3 Å². The molecule has 0 atom stereocenters. The van der Waals surface area contributed by atoms with Gasteiger partial charge in [-0.05, 0) is 23.6 Å². The fraction of sp³-hybridized carbons (Fsp3) is 0.500. The van der Waals surface area contributed by atoms with Crippen molar-refractivity contribution in [3.05, 3.63) is 30.1 Å². The van der Waals surface area contributed by atoms with E-state index in [0.717, 1.165) is 5.56 Å². The van der Waals surface area contributed by atoms with Crippen LogP contribution in [0.2, 0.25) is 0 Å². The second-order valence-corrected chi connectivity index (χ2v) is 5.51. The van der Waals surface area contributed by atoms with Crippen molar-refractivity contribution in [2.24, 2.45) is 11.7 Å². The number of hydrogen-bond acceptors (Lipinski definition) is 3. The largest absolute Gasteiger partial charge is 0.393 e. The molecule has 5 heteroatoms. The first-order valence-electron chi connectivity index (χ1n) is 6.44. The first-order valence-corrected chi connectivity index (χ1v) is 6.85. The van der Waals surface area contributed by atoms with Crippen LogP contribution in [0.15, 0.2) is 24.5 Å². The van der Waals surface area contributed by atoms with Gasteiger partial charge in [0.05, 0.1) is 4.99 Å². The van der Waals surface area contributed by atoms with E-state index in [1.807, 2.05) is 30.9 Å². The Hall–Kier alpha value is -1.49. The highest BCUT2D eigenvalue weighted by atomic mass is 32.1. The van der Waals surface area contributed by atoms with Gasteiger partial charge in [0.2, 0.25) is 5.91 Å². The highest BCUT2D eigenvalue weighted by Crippen LogP contribution is 2.09. The molecule has 1 aromatic heterocycles. The summed E-state index contributed by atoms with van der Waals surface area (Å²) < 4.78 is 0. The van der Waals surface area contributed by atoms with Gasteiger partial charge in [0.15, 0.2) is 0 Å². The Bertz CT molecular complexity index is 420. The van der Waals surface area contributed by atoms with Crippen LogP contribution in [0.5, 0.6) is 0 Å². The summed E-state index contributed by atoms with van der Waals surface area (Å²) in [5.41, 5.74) is 6.58. The maximum Gasteiger partial charge on any atom is 0.223 e. The standard InChI is InChI=1S/C14H21N3OS/c1-11(2)9-14(18)17(8-5-13(15)19)10-12-3-6-16-7-4-12/h3-4,6-7,11H,5,8-10H2,1-2H3,(H2,15,19). The van der Waals surface area contributed by atoms with Crippen LogP contribution in [0, 0.1) is 5.92 Å². The maximum absolute atomic E-state index is 12.2. The molecule has 0 spiro atoms. The third-order valence-corrected chi connectivity index (χ3v) is 2.89. The number of pyridine rings is 1. The van der Waals surface area contributed by atoms with Crippen molar-refractivity contribution in [1.82, 2.24) is 9.88 Å². The summed E-state index contributed by atoms with van der Waals surface area (Å²) >= 11 is 4.88. The van der Waals surface area contributed by atoms with Crippen molar-refractivity contribution in [3.63, 3.8) is 0 Å². The zero-order valence-electron chi connectivity index (χ0n) is 11.5. The minimum atomic E-state index is 0.142. The van der Waals surface area contributed by atoms with Gasteiger partial charge in [0.25, 0.3) is 0 Å². The number of carbonyl (C=O) groups excluding carboxylic acids is 1.